The van der Waals surface area contributed by atoms with Crippen LogP contribution in [0.1, 0.15) is 34.6 Å². The molecular weight excluding hydrogens is 176 g/mol. The standard InChI is InChI=1S/C11H24N2O/c1-8(2)11(4,5)7-13-10(14)9(3)6-12/h8-9H,6-7,12H2,1-5H3,(H,13,14). The molecule has 3 heteroatoms. The van der Waals surface area contributed by atoms with Crippen molar-refractivity contribution in [3.63, 3.8) is 0 Å². The summed E-state index contributed by atoms with van der Waals surface area (Å²) < 4.78 is 0. The molecule has 0 aromatic rings. The molecule has 0 aromatic carbocycles. The number of carbonyl (C=O) groups excluding carboxylic acids is 1. The summed E-state index contributed by atoms with van der Waals surface area (Å²) in [4.78, 5) is 11.5. The minimum atomic E-state index is -0.0852. The molecule has 0 aliphatic carbocycles. The Morgan fingerprint density at radius 1 is 1.36 bits per heavy atom. The highest BCUT2D eigenvalue weighted by Crippen LogP contribution is 2.24. The molecule has 14 heavy (non-hydrogen) atoms. The van der Waals surface area contributed by atoms with Gasteiger partial charge in [-0.1, -0.05) is 34.6 Å². The molecular formula is C11H24N2O. The van der Waals surface area contributed by atoms with E-state index in [2.05, 4.69) is 33.0 Å². The quantitative estimate of drug-likeness (QED) is 0.704. The first-order valence-corrected chi connectivity index (χ1v) is 5.29. The van der Waals surface area contributed by atoms with Gasteiger partial charge in [-0.15, -0.1) is 0 Å². The van der Waals surface area contributed by atoms with E-state index in [9.17, 15) is 4.79 Å². The lowest BCUT2D eigenvalue weighted by molar-refractivity contribution is -0.124. The van der Waals surface area contributed by atoms with Crippen LogP contribution >= 0.6 is 0 Å². The van der Waals surface area contributed by atoms with E-state index >= 15 is 0 Å². The highest BCUT2D eigenvalue weighted by atomic mass is 16.1. The minimum Gasteiger partial charge on any atom is -0.355 e. The first-order valence-electron chi connectivity index (χ1n) is 5.29. The number of amides is 1. The van der Waals surface area contributed by atoms with E-state index in [0.717, 1.165) is 0 Å². The summed E-state index contributed by atoms with van der Waals surface area (Å²) in [6, 6.07) is 0. The monoisotopic (exact) mass is 200 g/mol. The van der Waals surface area contributed by atoms with Gasteiger partial charge in [0.1, 0.15) is 0 Å². The third kappa shape index (κ3) is 4.09. The number of rotatable bonds is 5. The Labute approximate surface area is 87.4 Å². The van der Waals surface area contributed by atoms with Crippen LogP contribution in [0.25, 0.3) is 0 Å². The smallest absolute Gasteiger partial charge is 0.224 e. The lowest BCUT2D eigenvalue weighted by Crippen LogP contribution is -2.40. The molecule has 1 amide bonds. The molecule has 0 aliphatic heterocycles. The summed E-state index contributed by atoms with van der Waals surface area (Å²) in [7, 11) is 0. The minimum absolute atomic E-state index is 0.0567. The molecule has 3 nitrogen and oxygen atoms in total. The van der Waals surface area contributed by atoms with Crippen LogP contribution in [0.2, 0.25) is 0 Å². The number of hydrogen-bond acceptors (Lipinski definition) is 2. The predicted octanol–water partition coefficient (Wildman–Crippen LogP) is 1.38. The zero-order valence-electron chi connectivity index (χ0n) is 10.1. The maximum absolute atomic E-state index is 11.5. The normalized spacial score (nSPS) is 14.2. The Balaban J connectivity index is 4.00. The summed E-state index contributed by atoms with van der Waals surface area (Å²) in [5.41, 5.74) is 5.55. The van der Waals surface area contributed by atoms with Gasteiger partial charge in [0, 0.05) is 19.0 Å². The van der Waals surface area contributed by atoms with Crippen molar-refractivity contribution in [3.8, 4) is 0 Å². The molecule has 0 aliphatic rings. The molecule has 0 spiro atoms. The van der Waals surface area contributed by atoms with E-state index in [0.29, 0.717) is 19.0 Å². The summed E-state index contributed by atoms with van der Waals surface area (Å²) in [5, 5.41) is 2.94. The van der Waals surface area contributed by atoms with Crippen LogP contribution in [0, 0.1) is 17.3 Å². The van der Waals surface area contributed by atoms with Gasteiger partial charge in [-0.05, 0) is 11.3 Å². The van der Waals surface area contributed by atoms with Crippen LogP contribution < -0.4 is 11.1 Å². The average molecular weight is 200 g/mol. The fourth-order valence-electron chi connectivity index (χ4n) is 0.800. The van der Waals surface area contributed by atoms with E-state index in [1.807, 2.05) is 6.92 Å². The van der Waals surface area contributed by atoms with Gasteiger partial charge in [-0.2, -0.15) is 0 Å². The lowest BCUT2D eigenvalue weighted by Gasteiger charge is -2.29. The molecule has 0 fully saturated rings. The van der Waals surface area contributed by atoms with Crippen molar-refractivity contribution in [2.75, 3.05) is 13.1 Å². The zero-order valence-corrected chi connectivity index (χ0v) is 10.1. The van der Waals surface area contributed by atoms with Crippen LogP contribution in [0.3, 0.4) is 0 Å². The Morgan fingerprint density at radius 2 is 1.86 bits per heavy atom. The van der Waals surface area contributed by atoms with Crippen molar-refractivity contribution in [2.24, 2.45) is 23.0 Å². The van der Waals surface area contributed by atoms with E-state index in [4.69, 9.17) is 5.73 Å². The molecule has 0 rings (SSSR count). The van der Waals surface area contributed by atoms with E-state index < -0.39 is 0 Å². The van der Waals surface area contributed by atoms with Crippen molar-refractivity contribution in [1.82, 2.24) is 5.32 Å². The van der Waals surface area contributed by atoms with Gasteiger partial charge < -0.3 is 11.1 Å². The van der Waals surface area contributed by atoms with E-state index in [1.54, 1.807) is 0 Å². The second-order valence-corrected chi connectivity index (χ2v) is 5.00. The van der Waals surface area contributed by atoms with Gasteiger partial charge >= 0.3 is 0 Å². The highest BCUT2D eigenvalue weighted by molar-refractivity contribution is 5.78. The molecule has 0 bridgehead atoms. The molecule has 84 valence electrons. The van der Waals surface area contributed by atoms with Crippen LogP contribution in [0.15, 0.2) is 0 Å². The number of carbonyl (C=O) groups is 1. The van der Waals surface area contributed by atoms with Gasteiger partial charge in [0.2, 0.25) is 5.91 Å². The van der Waals surface area contributed by atoms with Crippen LogP contribution in [0.4, 0.5) is 0 Å². The van der Waals surface area contributed by atoms with Gasteiger partial charge in [-0.3, -0.25) is 4.79 Å². The Kier molecular flexibility index (Phi) is 5.13. The lowest BCUT2D eigenvalue weighted by atomic mass is 9.81. The van der Waals surface area contributed by atoms with Crippen LogP contribution in [0.5, 0.6) is 0 Å². The number of nitrogens with one attached hydrogen (secondary N) is 1. The summed E-state index contributed by atoms with van der Waals surface area (Å²) in [6.45, 7) is 11.6. The topological polar surface area (TPSA) is 55.1 Å². The second kappa shape index (κ2) is 5.35. The first kappa shape index (κ1) is 13.4. The number of hydrogen-bond donors (Lipinski definition) is 2. The van der Waals surface area contributed by atoms with Crippen molar-refractivity contribution in [1.29, 1.82) is 0 Å². The molecule has 0 heterocycles. The van der Waals surface area contributed by atoms with Crippen LogP contribution in [-0.4, -0.2) is 19.0 Å². The predicted molar refractivity (Wildman–Crippen MR) is 59.8 cm³/mol. The molecule has 1 unspecified atom stereocenters. The van der Waals surface area contributed by atoms with Crippen LogP contribution in [-0.2, 0) is 4.79 Å². The molecule has 0 aromatic heterocycles. The first-order chi connectivity index (χ1) is 6.31. The SMILES string of the molecule is CC(CN)C(=O)NCC(C)(C)C(C)C. The van der Waals surface area contributed by atoms with E-state index in [-0.39, 0.29) is 17.2 Å². The molecule has 0 radical (unpaired) electrons. The van der Waals surface area contributed by atoms with Crippen molar-refractivity contribution < 1.29 is 4.79 Å². The van der Waals surface area contributed by atoms with Gasteiger partial charge in [0.25, 0.3) is 0 Å². The molecule has 1 atom stereocenters. The third-order valence-electron chi connectivity index (χ3n) is 3.08. The summed E-state index contributed by atoms with van der Waals surface area (Å²) in [5.74, 6) is 0.523. The fraction of sp³-hybridized carbons (Fsp3) is 0.909. The second-order valence-electron chi connectivity index (χ2n) is 5.00. The fourth-order valence-corrected chi connectivity index (χ4v) is 0.800. The summed E-state index contributed by atoms with van der Waals surface area (Å²) >= 11 is 0. The third-order valence-corrected chi connectivity index (χ3v) is 3.08. The molecule has 0 saturated heterocycles. The molecule has 0 saturated carbocycles. The maximum Gasteiger partial charge on any atom is 0.224 e. The van der Waals surface area contributed by atoms with Gasteiger partial charge in [0.15, 0.2) is 0 Å². The maximum atomic E-state index is 11.5. The average Bonchev–Trinajstić information content (AvgIpc) is 2.12. The zero-order chi connectivity index (χ0) is 11.4. The van der Waals surface area contributed by atoms with Gasteiger partial charge in [0.05, 0.1) is 0 Å². The highest BCUT2D eigenvalue weighted by Gasteiger charge is 2.23. The van der Waals surface area contributed by atoms with Crippen molar-refractivity contribution >= 4 is 5.91 Å². The van der Waals surface area contributed by atoms with Gasteiger partial charge in [-0.25, -0.2) is 0 Å². The van der Waals surface area contributed by atoms with Crippen molar-refractivity contribution in [3.05, 3.63) is 0 Å². The summed E-state index contributed by atoms with van der Waals surface area (Å²) in [6.07, 6.45) is 0. The van der Waals surface area contributed by atoms with Crippen molar-refractivity contribution in [2.45, 2.75) is 34.6 Å². The van der Waals surface area contributed by atoms with E-state index in [1.165, 1.54) is 0 Å². The Bertz CT molecular complexity index is 188. The number of nitrogens with two attached hydrogens (primary N) is 1. The Morgan fingerprint density at radius 3 is 2.21 bits per heavy atom. The Hall–Kier alpha value is -0.570. The largest absolute Gasteiger partial charge is 0.355 e. The molecule has 3 N–H and O–H groups in total.